The molecule has 0 aliphatic heterocycles. The first-order valence-electron chi connectivity index (χ1n) is 10.0. The second kappa shape index (κ2) is 9.14. The van der Waals surface area contributed by atoms with Crippen molar-refractivity contribution in [3.63, 3.8) is 0 Å². The van der Waals surface area contributed by atoms with Crippen molar-refractivity contribution in [3.05, 3.63) is 52.0 Å². The Hall–Kier alpha value is -2.11. The molecule has 3 rings (SSSR count). The van der Waals surface area contributed by atoms with Crippen LogP contribution in [0.2, 0.25) is 5.02 Å². The summed E-state index contributed by atoms with van der Waals surface area (Å²) in [6.07, 6.45) is 0.900. The Morgan fingerprint density at radius 3 is 2.66 bits per heavy atom. The summed E-state index contributed by atoms with van der Waals surface area (Å²) in [5.41, 5.74) is 4.46. The largest absolute Gasteiger partial charge is 0.350 e. The fraction of sp³-hybridized carbons (Fsp3) is 0.391. The number of nitrogens with one attached hydrogen (secondary N) is 1. The summed E-state index contributed by atoms with van der Waals surface area (Å²) in [6.45, 7) is 11.3. The quantitative estimate of drug-likeness (QED) is 0.470. The van der Waals surface area contributed by atoms with Crippen LogP contribution in [0.5, 0.6) is 0 Å². The maximum Gasteiger partial charge on any atom is 0.253 e. The van der Waals surface area contributed by atoms with Gasteiger partial charge in [0, 0.05) is 29.2 Å². The Morgan fingerprint density at radius 1 is 1.28 bits per heavy atom. The summed E-state index contributed by atoms with van der Waals surface area (Å²) in [5.74, 6) is 0.425. The first-order valence-corrected chi connectivity index (χ1v) is 11.3. The molecule has 0 saturated carbocycles. The van der Waals surface area contributed by atoms with Crippen LogP contribution in [0.1, 0.15) is 50.2 Å². The average molecular weight is 430 g/mol. The SMILES string of the molecule is CCC(C)NC(=O)c1cc(-c2csc(-c3ccccc3Cl)n2)n(CC(C)C)c1C. The topological polar surface area (TPSA) is 46.9 Å². The van der Waals surface area contributed by atoms with Crippen molar-refractivity contribution in [2.45, 2.75) is 53.6 Å². The lowest BCUT2D eigenvalue weighted by molar-refractivity contribution is 0.0938. The second-order valence-corrected chi connectivity index (χ2v) is 9.10. The van der Waals surface area contributed by atoms with Crippen molar-refractivity contribution in [2.75, 3.05) is 0 Å². The van der Waals surface area contributed by atoms with E-state index in [1.165, 1.54) is 0 Å². The molecule has 0 fully saturated rings. The molecule has 0 aliphatic carbocycles. The third-order valence-corrected chi connectivity index (χ3v) is 6.22. The Morgan fingerprint density at radius 2 is 2.00 bits per heavy atom. The summed E-state index contributed by atoms with van der Waals surface area (Å²) in [4.78, 5) is 17.7. The van der Waals surface area contributed by atoms with Gasteiger partial charge in [-0.2, -0.15) is 0 Å². The number of aromatic nitrogens is 2. The van der Waals surface area contributed by atoms with Crippen LogP contribution in [0.3, 0.4) is 0 Å². The number of hydrogen-bond acceptors (Lipinski definition) is 3. The number of carbonyl (C=O) groups is 1. The van der Waals surface area contributed by atoms with E-state index in [1.807, 2.05) is 49.6 Å². The van der Waals surface area contributed by atoms with E-state index in [2.05, 4.69) is 30.7 Å². The number of nitrogens with zero attached hydrogens (tertiary/aromatic N) is 2. The predicted molar refractivity (Wildman–Crippen MR) is 123 cm³/mol. The van der Waals surface area contributed by atoms with Crippen molar-refractivity contribution in [1.29, 1.82) is 0 Å². The Bertz CT molecular complexity index is 1010. The van der Waals surface area contributed by atoms with Gasteiger partial charge in [0.2, 0.25) is 0 Å². The van der Waals surface area contributed by atoms with Crippen molar-refractivity contribution in [3.8, 4) is 22.0 Å². The number of carbonyl (C=O) groups excluding carboxylic acids is 1. The van der Waals surface area contributed by atoms with Crippen LogP contribution >= 0.6 is 22.9 Å². The highest BCUT2D eigenvalue weighted by Gasteiger charge is 2.21. The van der Waals surface area contributed by atoms with Crippen LogP contribution in [-0.2, 0) is 6.54 Å². The van der Waals surface area contributed by atoms with E-state index < -0.39 is 0 Å². The minimum Gasteiger partial charge on any atom is -0.350 e. The summed E-state index contributed by atoms with van der Waals surface area (Å²) >= 11 is 7.92. The molecule has 1 amide bonds. The number of rotatable bonds is 7. The van der Waals surface area contributed by atoms with Crippen molar-refractivity contribution >= 4 is 28.8 Å². The van der Waals surface area contributed by atoms with Gasteiger partial charge in [-0.1, -0.05) is 50.6 Å². The average Bonchev–Trinajstić information content (AvgIpc) is 3.27. The van der Waals surface area contributed by atoms with E-state index in [1.54, 1.807) is 11.3 Å². The van der Waals surface area contributed by atoms with E-state index in [0.29, 0.717) is 16.5 Å². The molecule has 6 heteroatoms. The lowest BCUT2D eigenvalue weighted by atomic mass is 10.2. The van der Waals surface area contributed by atoms with Gasteiger partial charge >= 0.3 is 0 Å². The standard InChI is InChI=1S/C23H28ClN3OS/c1-6-15(4)25-22(28)18-11-21(27(16(18)5)12-14(2)3)20-13-29-23(26-20)17-9-7-8-10-19(17)24/h7-11,13-15H,6,12H2,1-5H3,(H,25,28). The van der Waals surface area contributed by atoms with E-state index in [9.17, 15) is 4.79 Å². The smallest absolute Gasteiger partial charge is 0.253 e. The van der Waals surface area contributed by atoms with Gasteiger partial charge in [-0.25, -0.2) is 4.98 Å². The van der Waals surface area contributed by atoms with Crippen LogP contribution in [0, 0.1) is 12.8 Å². The Balaban J connectivity index is 2.03. The third kappa shape index (κ3) is 4.73. The van der Waals surface area contributed by atoms with Crippen LogP contribution in [0.15, 0.2) is 35.7 Å². The molecule has 0 saturated heterocycles. The van der Waals surface area contributed by atoms with Crippen molar-refractivity contribution < 1.29 is 4.79 Å². The predicted octanol–water partition coefficient (Wildman–Crippen LogP) is 6.42. The van der Waals surface area contributed by atoms with Gasteiger partial charge in [0.25, 0.3) is 5.91 Å². The van der Waals surface area contributed by atoms with Gasteiger partial charge in [-0.05, 0) is 38.3 Å². The number of halogens is 1. The molecule has 2 heterocycles. The van der Waals surface area contributed by atoms with Gasteiger partial charge in [0.15, 0.2) is 0 Å². The Kier molecular flexibility index (Phi) is 6.81. The molecule has 4 nitrogen and oxygen atoms in total. The zero-order chi connectivity index (χ0) is 21.1. The first kappa shape index (κ1) is 21.6. The summed E-state index contributed by atoms with van der Waals surface area (Å²) in [5, 5.41) is 6.70. The van der Waals surface area contributed by atoms with E-state index >= 15 is 0 Å². The lowest BCUT2D eigenvalue weighted by Gasteiger charge is -2.14. The maximum absolute atomic E-state index is 12.8. The van der Waals surface area contributed by atoms with Gasteiger partial charge in [-0.15, -0.1) is 11.3 Å². The molecule has 1 aromatic carbocycles. The molecule has 29 heavy (non-hydrogen) atoms. The normalized spacial score (nSPS) is 12.4. The zero-order valence-electron chi connectivity index (χ0n) is 17.6. The minimum atomic E-state index is -0.0258. The van der Waals surface area contributed by atoms with Crippen LogP contribution in [0.4, 0.5) is 0 Å². The third-order valence-electron chi connectivity index (χ3n) is 5.02. The van der Waals surface area contributed by atoms with Crippen molar-refractivity contribution in [2.24, 2.45) is 5.92 Å². The number of thiazole rings is 1. The highest BCUT2D eigenvalue weighted by atomic mass is 35.5. The summed E-state index contributed by atoms with van der Waals surface area (Å²) < 4.78 is 2.21. The van der Waals surface area contributed by atoms with Crippen LogP contribution < -0.4 is 5.32 Å². The lowest BCUT2D eigenvalue weighted by Crippen LogP contribution is -2.32. The molecule has 1 N–H and O–H groups in total. The van der Waals surface area contributed by atoms with Crippen LogP contribution in [0.25, 0.3) is 22.0 Å². The second-order valence-electron chi connectivity index (χ2n) is 7.83. The summed E-state index contributed by atoms with van der Waals surface area (Å²) in [6, 6.07) is 9.85. The van der Waals surface area contributed by atoms with Gasteiger partial charge < -0.3 is 9.88 Å². The molecular formula is C23H28ClN3OS. The number of benzene rings is 1. The minimum absolute atomic E-state index is 0.0258. The molecule has 2 aromatic heterocycles. The van der Waals surface area contributed by atoms with Crippen LogP contribution in [-0.4, -0.2) is 21.5 Å². The van der Waals surface area contributed by atoms with Gasteiger partial charge in [-0.3, -0.25) is 4.79 Å². The molecule has 0 radical (unpaired) electrons. The molecule has 3 aromatic rings. The molecule has 0 aliphatic rings. The van der Waals surface area contributed by atoms with Gasteiger partial charge in [0.1, 0.15) is 5.01 Å². The monoisotopic (exact) mass is 429 g/mol. The first-order chi connectivity index (χ1) is 13.8. The highest BCUT2D eigenvalue weighted by molar-refractivity contribution is 7.13. The molecule has 0 spiro atoms. The number of hydrogen-bond donors (Lipinski definition) is 1. The van der Waals surface area contributed by atoms with Gasteiger partial charge in [0.05, 0.1) is 22.0 Å². The Labute approximate surface area is 181 Å². The fourth-order valence-corrected chi connectivity index (χ4v) is 4.37. The molecule has 0 bridgehead atoms. The zero-order valence-corrected chi connectivity index (χ0v) is 19.2. The van der Waals surface area contributed by atoms with E-state index in [-0.39, 0.29) is 11.9 Å². The molecular weight excluding hydrogens is 402 g/mol. The summed E-state index contributed by atoms with van der Waals surface area (Å²) in [7, 11) is 0. The van der Waals surface area contributed by atoms with E-state index in [0.717, 1.165) is 40.6 Å². The highest BCUT2D eigenvalue weighted by Crippen LogP contribution is 2.34. The molecule has 1 unspecified atom stereocenters. The molecule has 1 atom stereocenters. The molecule has 154 valence electrons. The van der Waals surface area contributed by atoms with Crippen molar-refractivity contribution in [1.82, 2.24) is 14.9 Å². The maximum atomic E-state index is 12.8. The van der Waals surface area contributed by atoms with E-state index in [4.69, 9.17) is 16.6 Å². The fourth-order valence-electron chi connectivity index (χ4n) is 3.24. The number of amides is 1.